The van der Waals surface area contributed by atoms with E-state index in [1.807, 2.05) is 30.0 Å². The molecule has 1 aliphatic heterocycles. The molecule has 0 aromatic heterocycles. The molecule has 2 atom stereocenters. The first-order valence-corrected chi connectivity index (χ1v) is 7.09. The van der Waals surface area contributed by atoms with Gasteiger partial charge in [-0.3, -0.25) is 4.79 Å². The number of hydrogen-bond acceptors (Lipinski definition) is 2. The van der Waals surface area contributed by atoms with Crippen molar-refractivity contribution in [3.8, 4) is 0 Å². The number of amides is 1. The zero-order valence-corrected chi connectivity index (χ0v) is 13.6. The van der Waals surface area contributed by atoms with Crippen LogP contribution in [0.4, 0.5) is 0 Å². The van der Waals surface area contributed by atoms with Crippen molar-refractivity contribution >= 4 is 34.2 Å². The Morgan fingerprint density at radius 2 is 2.16 bits per heavy atom. The lowest BCUT2D eigenvalue weighted by molar-refractivity contribution is 0.0664. The molecular weight excluding hydrogens is 328 g/mol. The monoisotopic (exact) mass is 346 g/mol. The summed E-state index contributed by atoms with van der Waals surface area (Å²) in [5.41, 5.74) is 7.83. The molecule has 2 unspecified atom stereocenters. The number of piperidine rings is 1. The normalized spacial score (nSPS) is 22.8. The second-order valence-electron chi connectivity index (χ2n) is 5.14. The molecule has 1 saturated heterocycles. The summed E-state index contributed by atoms with van der Waals surface area (Å²) in [4.78, 5) is 14.3. The maximum Gasteiger partial charge on any atom is 0.253 e. The van der Waals surface area contributed by atoms with Gasteiger partial charge < -0.3 is 10.6 Å². The Morgan fingerprint density at radius 1 is 1.47 bits per heavy atom. The summed E-state index contributed by atoms with van der Waals surface area (Å²) in [6.45, 7) is 5.63. The molecule has 1 fully saturated rings. The second-order valence-corrected chi connectivity index (χ2v) is 6.00. The topological polar surface area (TPSA) is 46.3 Å². The van der Waals surface area contributed by atoms with Gasteiger partial charge in [0, 0.05) is 29.2 Å². The van der Waals surface area contributed by atoms with E-state index in [2.05, 4.69) is 22.9 Å². The molecule has 106 valence electrons. The first-order valence-electron chi connectivity index (χ1n) is 6.30. The van der Waals surface area contributed by atoms with Gasteiger partial charge in [0.1, 0.15) is 0 Å². The van der Waals surface area contributed by atoms with Crippen LogP contribution in [-0.4, -0.2) is 29.9 Å². The third kappa shape index (κ3) is 3.71. The van der Waals surface area contributed by atoms with E-state index in [-0.39, 0.29) is 24.4 Å². The zero-order valence-electron chi connectivity index (χ0n) is 11.2. The van der Waals surface area contributed by atoms with Crippen molar-refractivity contribution in [3.63, 3.8) is 0 Å². The Labute approximate surface area is 129 Å². The van der Waals surface area contributed by atoms with Crippen LogP contribution in [0.15, 0.2) is 22.7 Å². The largest absolute Gasteiger partial charge is 0.338 e. The van der Waals surface area contributed by atoms with Gasteiger partial charge in [0.25, 0.3) is 5.91 Å². The van der Waals surface area contributed by atoms with Crippen LogP contribution in [0.5, 0.6) is 0 Å². The second kappa shape index (κ2) is 6.73. The number of hydrogen-bond donors (Lipinski definition) is 1. The molecule has 0 saturated carbocycles. The van der Waals surface area contributed by atoms with Crippen LogP contribution in [0.25, 0.3) is 0 Å². The minimum atomic E-state index is 0. The number of aryl methyl sites for hydroxylation is 1. The van der Waals surface area contributed by atoms with Crippen molar-refractivity contribution < 1.29 is 4.79 Å². The molecule has 0 bridgehead atoms. The summed E-state index contributed by atoms with van der Waals surface area (Å²) in [5.74, 6) is 0.489. The summed E-state index contributed by atoms with van der Waals surface area (Å²) in [6.07, 6.45) is 0.891. The van der Waals surface area contributed by atoms with Crippen molar-refractivity contribution in [2.75, 3.05) is 13.1 Å². The molecule has 0 radical (unpaired) electrons. The molecule has 1 aromatic rings. The average molecular weight is 348 g/mol. The number of likely N-dealkylation sites (tertiary alicyclic amines) is 1. The fourth-order valence-corrected chi connectivity index (χ4v) is 2.56. The highest BCUT2D eigenvalue weighted by molar-refractivity contribution is 9.10. The van der Waals surface area contributed by atoms with Gasteiger partial charge in [-0.15, -0.1) is 12.4 Å². The van der Waals surface area contributed by atoms with Crippen LogP contribution in [0.2, 0.25) is 0 Å². The SMILES string of the molecule is Cc1cc(C(=O)N2CCC(N)C(C)C2)ccc1Br.Cl. The van der Waals surface area contributed by atoms with Gasteiger partial charge in [0.05, 0.1) is 0 Å². The molecular formula is C14H20BrClN2O. The number of carbonyl (C=O) groups is 1. The first-order chi connectivity index (χ1) is 8.49. The van der Waals surface area contributed by atoms with E-state index in [1.54, 1.807) is 0 Å². The van der Waals surface area contributed by atoms with E-state index in [1.165, 1.54) is 0 Å². The van der Waals surface area contributed by atoms with Gasteiger partial charge in [-0.2, -0.15) is 0 Å². The Morgan fingerprint density at radius 3 is 2.74 bits per heavy atom. The van der Waals surface area contributed by atoms with Gasteiger partial charge in [0.15, 0.2) is 0 Å². The Balaban J connectivity index is 0.00000180. The van der Waals surface area contributed by atoms with E-state index < -0.39 is 0 Å². The molecule has 5 heteroatoms. The predicted molar refractivity (Wildman–Crippen MR) is 83.8 cm³/mol. The predicted octanol–water partition coefficient (Wildman–Crippen LogP) is 2.99. The van der Waals surface area contributed by atoms with Gasteiger partial charge >= 0.3 is 0 Å². The first kappa shape index (κ1) is 16.5. The van der Waals surface area contributed by atoms with Gasteiger partial charge in [-0.25, -0.2) is 0 Å². The zero-order chi connectivity index (χ0) is 13.3. The fourth-order valence-electron chi connectivity index (χ4n) is 2.31. The van der Waals surface area contributed by atoms with Crippen molar-refractivity contribution in [1.82, 2.24) is 4.90 Å². The number of benzene rings is 1. The lowest BCUT2D eigenvalue weighted by Crippen LogP contribution is -2.48. The third-order valence-corrected chi connectivity index (χ3v) is 4.55. The molecule has 0 aliphatic carbocycles. The van der Waals surface area contributed by atoms with Crippen molar-refractivity contribution in [2.24, 2.45) is 11.7 Å². The van der Waals surface area contributed by atoms with E-state index >= 15 is 0 Å². The Hall–Kier alpha value is -0.580. The van der Waals surface area contributed by atoms with E-state index in [0.29, 0.717) is 5.92 Å². The number of carbonyl (C=O) groups excluding carboxylic acids is 1. The van der Waals surface area contributed by atoms with Crippen LogP contribution in [0.1, 0.15) is 29.3 Å². The van der Waals surface area contributed by atoms with Gasteiger partial charge in [-0.1, -0.05) is 22.9 Å². The van der Waals surface area contributed by atoms with Crippen LogP contribution < -0.4 is 5.73 Å². The molecule has 0 spiro atoms. The highest BCUT2D eigenvalue weighted by atomic mass is 79.9. The van der Waals surface area contributed by atoms with E-state index in [9.17, 15) is 4.79 Å². The summed E-state index contributed by atoms with van der Waals surface area (Å²) < 4.78 is 1.04. The van der Waals surface area contributed by atoms with Crippen molar-refractivity contribution in [3.05, 3.63) is 33.8 Å². The minimum Gasteiger partial charge on any atom is -0.338 e. The Bertz CT molecular complexity index is 467. The smallest absolute Gasteiger partial charge is 0.253 e. The molecule has 1 aromatic carbocycles. The average Bonchev–Trinajstić information content (AvgIpc) is 2.35. The number of nitrogens with zero attached hydrogens (tertiary/aromatic N) is 1. The van der Waals surface area contributed by atoms with Gasteiger partial charge in [0.2, 0.25) is 0 Å². The number of nitrogens with two attached hydrogens (primary N) is 1. The van der Waals surface area contributed by atoms with E-state index in [0.717, 1.165) is 35.1 Å². The Kier molecular flexibility index (Phi) is 5.83. The third-order valence-electron chi connectivity index (χ3n) is 3.66. The summed E-state index contributed by atoms with van der Waals surface area (Å²) in [7, 11) is 0. The highest BCUT2D eigenvalue weighted by Crippen LogP contribution is 2.21. The molecule has 3 nitrogen and oxygen atoms in total. The highest BCUT2D eigenvalue weighted by Gasteiger charge is 2.26. The maximum absolute atomic E-state index is 12.4. The van der Waals surface area contributed by atoms with Crippen molar-refractivity contribution in [1.29, 1.82) is 0 Å². The summed E-state index contributed by atoms with van der Waals surface area (Å²) in [6, 6.07) is 5.96. The molecule has 2 N–H and O–H groups in total. The minimum absolute atomic E-state index is 0. The molecule has 2 rings (SSSR count). The molecule has 1 aliphatic rings. The lowest BCUT2D eigenvalue weighted by Gasteiger charge is -2.35. The number of rotatable bonds is 1. The van der Waals surface area contributed by atoms with Crippen LogP contribution >= 0.6 is 28.3 Å². The molecule has 19 heavy (non-hydrogen) atoms. The maximum atomic E-state index is 12.4. The summed E-state index contributed by atoms with van der Waals surface area (Å²) >= 11 is 3.45. The van der Waals surface area contributed by atoms with Crippen LogP contribution in [-0.2, 0) is 0 Å². The van der Waals surface area contributed by atoms with Crippen LogP contribution in [0.3, 0.4) is 0 Å². The molecule has 1 amide bonds. The lowest BCUT2D eigenvalue weighted by atomic mass is 9.94. The molecule has 1 heterocycles. The van der Waals surface area contributed by atoms with E-state index in [4.69, 9.17) is 5.73 Å². The summed E-state index contributed by atoms with van der Waals surface area (Å²) in [5, 5.41) is 0. The fraction of sp³-hybridized carbons (Fsp3) is 0.500. The number of halogens is 2. The standard InChI is InChI=1S/C14H19BrN2O.ClH/c1-9-7-11(3-4-12(9)15)14(18)17-6-5-13(16)10(2)8-17;/h3-4,7,10,13H,5-6,8,16H2,1-2H3;1H. The van der Waals surface area contributed by atoms with Crippen molar-refractivity contribution in [2.45, 2.75) is 26.3 Å². The quantitative estimate of drug-likeness (QED) is 0.849. The van der Waals surface area contributed by atoms with Crippen LogP contribution in [0, 0.1) is 12.8 Å². The van der Waals surface area contributed by atoms with Gasteiger partial charge in [-0.05, 0) is 43.0 Å².